The molecule has 0 aromatic rings. The van der Waals surface area contributed by atoms with E-state index in [9.17, 15) is 10.1 Å². The van der Waals surface area contributed by atoms with E-state index >= 15 is 0 Å². The Morgan fingerprint density at radius 1 is 1.43 bits per heavy atom. The van der Waals surface area contributed by atoms with Crippen molar-refractivity contribution in [1.82, 2.24) is 9.80 Å². The van der Waals surface area contributed by atoms with Crippen LogP contribution >= 0.6 is 0 Å². The molecule has 8 nitrogen and oxygen atoms in total. The highest BCUT2D eigenvalue weighted by Gasteiger charge is 2.35. The van der Waals surface area contributed by atoms with Crippen molar-refractivity contribution in [1.29, 1.82) is 0 Å². The number of nitrogens with zero attached hydrogens (tertiary/aromatic N) is 4. The quantitative estimate of drug-likeness (QED) is 0.521. The first-order valence-electron chi connectivity index (χ1n) is 8.34. The molecular weight excluding hydrogens is 300 g/mol. The summed E-state index contributed by atoms with van der Waals surface area (Å²) in [5.74, 6) is 1.23. The molecule has 0 aromatic carbocycles. The van der Waals surface area contributed by atoms with E-state index in [0.29, 0.717) is 37.6 Å². The largest absolute Gasteiger partial charge is 0.378 e. The van der Waals surface area contributed by atoms with E-state index in [4.69, 9.17) is 9.47 Å². The molecule has 0 aromatic heterocycles. The Hall–Kier alpha value is -1.41. The van der Waals surface area contributed by atoms with Crippen LogP contribution in [0.4, 0.5) is 0 Å². The summed E-state index contributed by atoms with van der Waals surface area (Å²) in [6.45, 7) is 11.6. The molecule has 0 aliphatic carbocycles. The van der Waals surface area contributed by atoms with Gasteiger partial charge >= 0.3 is 0 Å². The molecule has 0 bridgehead atoms. The maximum atomic E-state index is 10.9. The fraction of sp³-hybridized carbons (Fsp3) is 0.933. The van der Waals surface area contributed by atoms with Crippen molar-refractivity contribution in [3.8, 4) is 0 Å². The van der Waals surface area contributed by atoms with E-state index < -0.39 is 5.03 Å². The Bertz CT molecular complexity index is 443. The number of nitro groups is 1. The Balaban J connectivity index is 2.01. The van der Waals surface area contributed by atoms with Gasteiger partial charge in [0.1, 0.15) is 11.3 Å². The smallest absolute Gasteiger partial charge is 0.276 e. The zero-order chi connectivity index (χ0) is 17.0. The molecule has 8 heteroatoms. The molecule has 0 saturated carbocycles. The van der Waals surface area contributed by atoms with Crippen molar-refractivity contribution in [2.24, 2.45) is 16.9 Å². The molecule has 0 amide bonds. The lowest BCUT2D eigenvalue weighted by Gasteiger charge is -2.27. The van der Waals surface area contributed by atoms with E-state index in [0.717, 1.165) is 19.5 Å². The van der Waals surface area contributed by atoms with Gasteiger partial charge in [-0.3, -0.25) is 0 Å². The Morgan fingerprint density at radius 2 is 2.17 bits per heavy atom. The standard InChI is InChI=1S/C15H28N4O4/c1-11(2)9-23-13(4)18-6-5-17(15(18)16-19(20)21)8-14-7-12(3)22-10-14/h11-14H,5-10H2,1-4H3. The van der Waals surface area contributed by atoms with Crippen LogP contribution < -0.4 is 0 Å². The highest BCUT2D eigenvalue weighted by molar-refractivity contribution is 5.81. The topological polar surface area (TPSA) is 80.4 Å². The number of rotatable bonds is 7. The summed E-state index contributed by atoms with van der Waals surface area (Å²) in [5.41, 5.74) is 0. The first kappa shape index (κ1) is 17.9. The number of ether oxygens (including phenoxy) is 2. The predicted octanol–water partition coefficient (Wildman–Crippen LogP) is 1.60. The molecule has 0 N–H and O–H groups in total. The SMILES string of the molecule is CC(C)COC(C)N1CCN(CC2COC(C)C2)C1=N[N+](=O)[O-]. The molecule has 2 aliphatic rings. The van der Waals surface area contributed by atoms with Gasteiger partial charge in [-0.25, -0.2) is 10.1 Å². The van der Waals surface area contributed by atoms with Gasteiger partial charge in [0.05, 0.1) is 19.3 Å². The van der Waals surface area contributed by atoms with Gasteiger partial charge < -0.3 is 19.3 Å². The van der Waals surface area contributed by atoms with Crippen LogP contribution in [0.1, 0.15) is 34.1 Å². The summed E-state index contributed by atoms with van der Waals surface area (Å²) in [6, 6.07) is 0. The highest BCUT2D eigenvalue weighted by Crippen LogP contribution is 2.23. The van der Waals surface area contributed by atoms with Crippen molar-refractivity contribution in [3.05, 3.63) is 10.1 Å². The van der Waals surface area contributed by atoms with Crippen LogP contribution in [0.3, 0.4) is 0 Å². The number of guanidine groups is 1. The molecule has 132 valence electrons. The van der Waals surface area contributed by atoms with Crippen LogP contribution in [-0.4, -0.2) is 66.0 Å². The molecule has 0 spiro atoms. The van der Waals surface area contributed by atoms with Gasteiger partial charge in [0.15, 0.2) is 5.03 Å². The van der Waals surface area contributed by atoms with Gasteiger partial charge in [0, 0.05) is 25.6 Å². The van der Waals surface area contributed by atoms with Gasteiger partial charge in [-0.1, -0.05) is 13.8 Å². The van der Waals surface area contributed by atoms with Gasteiger partial charge in [-0.2, -0.15) is 0 Å². The molecule has 23 heavy (non-hydrogen) atoms. The average Bonchev–Trinajstić information content (AvgIpc) is 3.03. The maximum absolute atomic E-state index is 10.9. The van der Waals surface area contributed by atoms with Crippen molar-refractivity contribution in [3.63, 3.8) is 0 Å². The van der Waals surface area contributed by atoms with E-state index in [1.165, 1.54) is 0 Å². The highest BCUT2D eigenvalue weighted by atomic mass is 16.7. The second-order valence-corrected chi connectivity index (χ2v) is 6.85. The normalized spacial score (nSPS) is 28.1. The second kappa shape index (κ2) is 7.92. The molecular formula is C15H28N4O4. The molecule has 2 heterocycles. The third-order valence-electron chi connectivity index (χ3n) is 4.19. The van der Waals surface area contributed by atoms with Crippen LogP contribution in [0.25, 0.3) is 0 Å². The van der Waals surface area contributed by atoms with E-state index in [2.05, 4.69) is 25.9 Å². The molecule has 3 atom stereocenters. The van der Waals surface area contributed by atoms with Gasteiger partial charge in [-0.15, -0.1) is 0 Å². The summed E-state index contributed by atoms with van der Waals surface area (Å²) in [5, 5.41) is 13.9. The summed E-state index contributed by atoms with van der Waals surface area (Å²) < 4.78 is 11.4. The van der Waals surface area contributed by atoms with Crippen molar-refractivity contribution in [2.45, 2.75) is 46.4 Å². The van der Waals surface area contributed by atoms with Crippen molar-refractivity contribution >= 4 is 5.96 Å². The number of hydrogen-bond acceptors (Lipinski definition) is 4. The van der Waals surface area contributed by atoms with E-state index in [1.54, 1.807) is 0 Å². The number of hydrogen-bond donors (Lipinski definition) is 0. The Morgan fingerprint density at radius 3 is 2.74 bits per heavy atom. The van der Waals surface area contributed by atoms with Crippen LogP contribution in [0.15, 0.2) is 5.10 Å². The molecule has 2 rings (SSSR count). The molecule has 3 unspecified atom stereocenters. The first-order chi connectivity index (χ1) is 10.9. The third kappa shape index (κ3) is 5.04. The van der Waals surface area contributed by atoms with Gasteiger partial charge in [0.25, 0.3) is 5.96 Å². The Kier molecular flexibility index (Phi) is 6.17. The summed E-state index contributed by atoms with van der Waals surface area (Å²) in [6.07, 6.45) is 1.03. The maximum Gasteiger partial charge on any atom is 0.276 e. The molecule has 2 saturated heterocycles. The van der Waals surface area contributed by atoms with Crippen LogP contribution in [0, 0.1) is 22.0 Å². The van der Waals surface area contributed by atoms with Crippen LogP contribution in [0.5, 0.6) is 0 Å². The van der Waals surface area contributed by atoms with E-state index in [1.807, 2.05) is 16.7 Å². The van der Waals surface area contributed by atoms with Crippen molar-refractivity contribution in [2.75, 3.05) is 32.8 Å². The fourth-order valence-electron chi connectivity index (χ4n) is 3.09. The van der Waals surface area contributed by atoms with Gasteiger partial charge in [0.2, 0.25) is 0 Å². The minimum atomic E-state index is -0.621. The lowest BCUT2D eigenvalue weighted by atomic mass is 10.1. The molecule has 2 aliphatic heterocycles. The average molecular weight is 328 g/mol. The molecule has 2 fully saturated rings. The Labute approximate surface area is 137 Å². The summed E-state index contributed by atoms with van der Waals surface area (Å²) in [7, 11) is 0. The van der Waals surface area contributed by atoms with Gasteiger partial charge in [-0.05, 0) is 26.2 Å². The van der Waals surface area contributed by atoms with Crippen molar-refractivity contribution < 1.29 is 14.5 Å². The lowest BCUT2D eigenvalue weighted by molar-refractivity contribution is -0.486. The summed E-state index contributed by atoms with van der Waals surface area (Å²) >= 11 is 0. The van der Waals surface area contributed by atoms with E-state index in [-0.39, 0.29) is 12.3 Å². The predicted molar refractivity (Wildman–Crippen MR) is 86.5 cm³/mol. The minimum absolute atomic E-state index is 0.222. The zero-order valence-corrected chi connectivity index (χ0v) is 14.5. The summed E-state index contributed by atoms with van der Waals surface area (Å²) in [4.78, 5) is 14.8. The molecule has 0 radical (unpaired) electrons. The fourth-order valence-corrected chi connectivity index (χ4v) is 3.09. The zero-order valence-electron chi connectivity index (χ0n) is 14.5. The number of hydrazone groups is 1. The van der Waals surface area contributed by atoms with Crippen LogP contribution in [0.2, 0.25) is 0 Å². The second-order valence-electron chi connectivity index (χ2n) is 6.85. The first-order valence-corrected chi connectivity index (χ1v) is 8.34. The van der Waals surface area contributed by atoms with Crippen LogP contribution in [-0.2, 0) is 9.47 Å². The lowest BCUT2D eigenvalue weighted by Crippen LogP contribution is -2.42. The minimum Gasteiger partial charge on any atom is -0.378 e. The third-order valence-corrected chi connectivity index (χ3v) is 4.19. The monoisotopic (exact) mass is 328 g/mol.